The van der Waals surface area contributed by atoms with Crippen LogP contribution >= 0.6 is 11.8 Å². The molecule has 0 aliphatic carbocycles. The van der Waals surface area contributed by atoms with Gasteiger partial charge in [-0.3, -0.25) is 4.79 Å². The van der Waals surface area contributed by atoms with Gasteiger partial charge >= 0.3 is 0 Å². The lowest BCUT2D eigenvalue weighted by Crippen LogP contribution is -2.44. The summed E-state index contributed by atoms with van der Waals surface area (Å²) in [6.07, 6.45) is 1.38. The SMILES string of the molecule is NCC(=O)N1CCCC(SCC(O)CO)C1. The fraction of sp³-hybridized carbons (Fsp3) is 0.900. The highest BCUT2D eigenvalue weighted by atomic mass is 32.2. The lowest BCUT2D eigenvalue weighted by Gasteiger charge is -2.32. The first-order valence-corrected chi connectivity index (χ1v) is 6.60. The molecule has 0 aromatic heterocycles. The van der Waals surface area contributed by atoms with E-state index in [9.17, 15) is 9.90 Å². The Labute approximate surface area is 100.0 Å². The Morgan fingerprint density at radius 2 is 2.38 bits per heavy atom. The van der Waals surface area contributed by atoms with Gasteiger partial charge in [0.15, 0.2) is 0 Å². The number of hydrogen-bond acceptors (Lipinski definition) is 5. The molecular weight excluding hydrogens is 228 g/mol. The van der Waals surface area contributed by atoms with Gasteiger partial charge in [-0.1, -0.05) is 0 Å². The highest BCUT2D eigenvalue weighted by molar-refractivity contribution is 7.99. The Morgan fingerprint density at radius 3 is 3.00 bits per heavy atom. The normalized spacial score (nSPS) is 23.2. The van der Waals surface area contributed by atoms with Gasteiger partial charge in [0.1, 0.15) is 0 Å². The number of rotatable bonds is 5. The van der Waals surface area contributed by atoms with Crippen LogP contribution in [0.1, 0.15) is 12.8 Å². The van der Waals surface area contributed by atoms with Crippen LogP contribution < -0.4 is 5.73 Å². The van der Waals surface area contributed by atoms with E-state index in [0.717, 1.165) is 19.4 Å². The van der Waals surface area contributed by atoms with E-state index in [1.54, 1.807) is 16.7 Å². The molecular formula is C10H20N2O3S. The van der Waals surface area contributed by atoms with Crippen LogP contribution in [0.3, 0.4) is 0 Å². The summed E-state index contributed by atoms with van der Waals surface area (Å²) in [5.74, 6) is 0.513. The molecule has 0 aromatic rings. The molecule has 1 rings (SSSR count). The zero-order valence-electron chi connectivity index (χ0n) is 9.34. The molecule has 94 valence electrons. The van der Waals surface area contributed by atoms with Crippen LogP contribution in [0.25, 0.3) is 0 Å². The number of nitrogens with zero attached hydrogens (tertiary/aromatic N) is 1. The van der Waals surface area contributed by atoms with Gasteiger partial charge in [-0.05, 0) is 12.8 Å². The molecule has 4 N–H and O–H groups in total. The standard InChI is InChI=1S/C10H20N2O3S/c11-4-10(15)12-3-1-2-9(5-12)16-7-8(14)6-13/h8-9,13-14H,1-7,11H2. The molecule has 0 spiro atoms. The zero-order chi connectivity index (χ0) is 12.0. The molecule has 6 heteroatoms. The largest absolute Gasteiger partial charge is 0.394 e. The Morgan fingerprint density at radius 1 is 1.62 bits per heavy atom. The molecule has 1 saturated heterocycles. The number of hydrogen-bond donors (Lipinski definition) is 3. The minimum absolute atomic E-state index is 0.00648. The fourth-order valence-electron chi connectivity index (χ4n) is 1.73. The van der Waals surface area contributed by atoms with E-state index in [2.05, 4.69) is 0 Å². The number of aliphatic hydroxyl groups is 2. The Balaban J connectivity index is 2.30. The first kappa shape index (κ1) is 13.8. The second kappa shape index (κ2) is 7.11. The summed E-state index contributed by atoms with van der Waals surface area (Å²) in [7, 11) is 0. The van der Waals surface area contributed by atoms with E-state index < -0.39 is 6.10 Å². The smallest absolute Gasteiger partial charge is 0.236 e. The summed E-state index contributed by atoms with van der Waals surface area (Å²) in [5.41, 5.74) is 5.32. The third-order valence-corrected chi connectivity index (χ3v) is 4.07. The number of amides is 1. The van der Waals surface area contributed by atoms with Crippen molar-refractivity contribution in [3.05, 3.63) is 0 Å². The second-order valence-electron chi connectivity index (χ2n) is 3.98. The van der Waals surface area contributed by atoms with Gasteiger partial charge in [0.05, 0.1) is 19.3 Å². The van der Waals surface area contributed by atoms with Crippen LogP contribution in [-0.2, 0) is 4.79 Å². The molecule has 0 aromatic carbocycles. The molecule has 16 heavy (non-hydrogen) atoms. The maximum atomic E-state index is 11.4. The zero-order valence-corrected chi connectivity index (χ0v) is 10.2. The van der Waals surface area contributed by atoms with Crippen LogP contribution in [0, 0.1) is 0 Å². The van der Waals surface area contributed by atoms with Crippen LogP contribution in [0.15, 0.2) is 0 Å². The summed E-state index contributed by atoms with van der Waals surface area (Å²) in [6.45, 7) is 1.36. The third-order valence-electron chi connectivity index (χ3n) is 2.64. The Kier molecular flexibility index (Phi) is 6.12. The topological polar surface area (TPSA) is 86.8 Å². The van der Waals surface area contributed by atoms with Gasteiger partial charge in [-0.15, -0.1) is 0 Å². The average Bonchev–Trinajstić information content (AvgIpc) is 2.35. The van der Waals surface area contributed by atoms with Crippen molar-refractivity contribution in [2.45, 2.75) is 24.2 Å². The third kappa shape index (κ3) is 4.29. The number of nitrogens with two attached hydrogens (primary N) is 1. The van der Waals surface area contributed by atoms with E-state index >= 15 is 0 Å². The van der Waals surface area contributed by atoms with Gasteiger partial charge in [0.25, 0.3) is 0 Å². The van der Waals surface area contributed by atoms with Crippen molar-refractivity contribution < 1.29 is 15.0 Å². The van der Waals surface area contributed by atoms with Crippen LogP contribution in [0.2, 0.25) is 0 Å². The summed E-state index contributed by atoms with van der Waals surface area (Å²) >= 11 is 1.62. The number of carbonyl (C=O) groups is 1. The van der Waals surface area contributed by atoms with Crippen LogP contribution in [0.5, 0.6) is 0 Å². The fourth-order valence-corrected chi connectivity index (χ4v) is 2.95. The van der Waals surface area contributed by atoms with Crippen molar-refractivity contribution in [1.29, 1.82) is 0 Å². The lowest BCUT2D eigenvalue weighted by atomic mass is 10.1. The van der Waals surface area contributed by atoms with Crippen molar-refractivity contribution in [1.82, 2.24) is 4.90 Å². The maximum absolute atomic E-state index is 11.4. The summed E-state index contributed by atoms with van der Waals surface area (Å²) in [4.78, 5) is 13.2. The Bertz CT molecular complexity index is 228. The monoisotopic (exact) mass is 248 g/mol. The van der Waals surface area contributed by atoms with E-state index in [4.69, 9.17) is 10.8 Å². The molecule has 1 fully saturated rings. The number of thioether (sulfide) groups is 1. The second-order valence-corrected chi connectivity index (χ2v) is 5.31. The quantitative estimate of drug-likeness (QED) is 0.582. The molecule has 5 nitrogen and oxygen atoms in total. The van der Waals surface area contributed by atoms with Gasteiger partial charge in [-0.25, -0.2) is 0 Å². The summed E-state index contributed by atoms with van der Waals surface area (Å²) in [5, 5.41) is 18.3. The van der Waals surface area contributed by atoms with Gasteiger partial charge in [0.2, 0.25) is 5.91 Å². The van der Waals surface area contributed by atoms with Crippen LogP contribution in [-0.4, -0.2) is 64.4 Å². The highest BCUT2D eigenvalue weighted by Gasteiger charge is 2.23. The van der Waals surface area contributed by atoms with Crippen molar-refractivity contribution >= 4 is 17.7 Å². The first-order valence-electron chi connectivity index (χ1n) is 5.55. The average molecular weight is 248 g/mol. The van der Waals surface area contributed by atoms with Gasteiger partial charge in [-0.2, -0.15) is 11.8 Å². The molecule has 1 aliphatic heterocycles. The van der Waals surface area contributed by atoms with E-state index in [0.29, 0.717) is 17.5 Å². The predicted octanol–water partition coefficient (Wildman–Crippen LogP) is -0.977. The number of carbonyl (C=O) groups excluding carboxylic acids is 1. The molecule has 2 unspecified atom stereocenters. The minimum atomic E-state index is -0.661. The molecule has 0 bridgehead atoms. The number of piperidine rings is 1. The van der Waals surface area contributed by atoms with Crippen molar-refractivity contribution in [2.24, 2.45) is 5.73 Å². The molecule has 2 atom stereocenters. The highest BCUT2D eigenvalue weighted by Crippen LogP contribution is 2.23. The number of aliphatic hydroxyl groups excluding tert-OH is 2. The molecule has 0 radical (unpaired) electrons. The van der Waals surface area contributed by atoms with Crippen molar-refractivity contribution in [3.8, 4) is 0 Å². The first-order chi connectivity index (χ1) is 7.67. The molecule has 1 aliphatic rings. The Hall–Kier alpha value is -0.300. The molecule has 1 heterocycles. The van der Waals surface area contributed by atoms with E-state index in [-0.39, 0.29) is 19.1 Å². The number of likely N-dealkylation sites (tertiary alicyclic amines) is 1. The predicted molar refractivity (Wildman–Crippen MR) is 64.2 cm³/mol. The maximum Gasteiger partial charge on any atom is 0.236 e. The van der Waals surface area contributed by atoms with Crippen molar-refractivity contribution in [3.63, 3.8) is 0 Å². The van der Waals surface area contributed by atoms with Crippen LogP contribution in [0.4, 0.5) is 0 Å². The molecule has 0 saturated carbocycles. The summed E-state index contributed by atoms with van der Waals surface area (Å²) < 4.78 is 0. The van der Waals surface area contributed by atoms with Gasteiger partial charge in [0, 0.05) is 24.1 Å². The minimum Gasteiger partial charge on any atom is -0.394 e. The lowest BCUT2D eigenvalue weighted by molar-refractivity contribution is -0.130. The van der Waals surface area contributed by atoms with E-state index in [1.807, 2.05) is 0 Å². The molecule has 1 amide bonds. The van der Waals surface area contributed by atoms with Gasteiger partial charge < -0.3 is 20.8 Å². The van der Waals surface area contributed by atoms with Crippen molar-refractivity contribution in [2.75, 3.05) is 32.0 Å². The van der Waals surface area contributed by atoms with E-state index in [1.165, 1.54) is 0 Å². The summed E-state index contributed by atoms with van der Waals surface area (Å²) in [6, 6.07) is 0.